The first kappa shape index (κ1) is 11.7. The first-order valence-electron chi connectivity index (χ1n) is 7.29. The van der Waals surface area contributed by atoms with Crippen LogP contribution in [0.1, 0.15) is 30.7 Å². The Morgan fingerprint density at radius 3 is 2.30 bits per heavy atom. The predicted octanol–water partition coefficient (Wildman–Crippen LogP) is 4.04. The lowest BCUT2D eigenvalue weighted by molar-refractivity contribution is 0.280. The molecule has 0 aliphatic heterocycles. The largest absolute Gasteiger partial charge is 0.330 e. The van der Waals surface area contributed by atoms with E-state index in [4.69, 9.17) is 4.98 Å². The van der Waals surface area contributed by atoms with Gasteiger partial charge in [0.05, 0.1) is 16.4 Å². The lowest BCUT2D eigenvalue weighted by Gasteiger charge is -2.41. The molecular formula is C18H18N2. The van der Waals surface area contributed by atoms with Crippen LogP contribution in [-0.2, 0) is 12.5 Å². The average molecular weight is 262 g/mol. The lowest BCUT2D eigenvalue weighted by Crippen LogP contribution is -2.38. The summed E-state index contributed by atoms with van der Waals surface area (Å²) in [6.07, 6.45) is 3.69. The molecule has 0 unspecified atom stereocenters. The van der Waals surface area contributed by atoms with E-state index in [9.17, 15) is 0 Å². The van der Waals surface area contributed by atoms with Gasteiger partial charge in [0.15, 0.2) is 0 Å². The second kappa shape index (κ2) is 4.20. The summed E-state index contributed by atoms with van der Waals surface area (Å²) in [5, 5.41) is 0. The Morgan fingerprint density at radius 2 is 1.65 bits per heavy atom. The molecule has 2 aromatic carbocycles. The van der Waals surface area contributed by atoms with Crippen LogP contribution in [0.3, 0.4) is 0 Å². The summed E-state index contributed by atoms with van der Waals surface area (Å²) < 4.78 is 2.28. The van der Waals surface area contributed by atoms with E-state index in [1.807, 2.05) is 0 Å². The van der Waals surface area contributed by atoms with Crippen LogP contribution < -0.4 is 0 Å². The first-order valence-corrected chi connectivity index (χ1v) is 7.29. The van der Waals surface area contributed by atoms with Crippen molar-refractivity contribution in [3.8, 4) is 0 Å². The van der Waals surface area contributed by atoms with Gasteiger partial charge in [-0.25, -0.2) is 4.98 Å². The molecule has 0 amide bonds. The van der Waals surface area contributed by atoms with E-state index in [1.54, 1.807) is 0 Å². The summed E-state index contributed by atoms with van der Waals surface area (Å²) in [4.78, 5) is 4.95. The first-order chi connectivity index (χ1) is 9.81. The fraction of sp³-hybridized carbons (Fsp3) is 0.278. The zero-order valence-corrected chi connectivity index (χ0v) is 11.7. The summed E-state index contributed by atoms with van der Waals surface area (Å²) in [5.41, 5.74) is 3.86. The summed E-state index contributed by atoms with van der Waals surface area (Å²) >= 11 is 0. The van der Waals surface area contributed by atoms with Crippen molar-refractivity contribution in [1.29, 1.82) is 0 Å². The zero-order valence-electron chi connectivity index (χ0n) is 11.7. The van der Waals surface area contributed by atoms with Crippen LogP contribution in [0.4, 0.5) is 0 Å². The SMILES string of the molecule is Cn1c(C2(c3ccccc3)CCC2)nc2ccccc21. The normalized spacial score (nSPS) is 17.1. The molecule has 0 saturated heterocycles. The fourth-order valence-electron chi connectivity index (χ4n) is 3.50. The molecule has 1 saturated carbocycles. The second-order valence-corrected chi connectivity index (χ2v) is 5.78. The second-order valence-electron chi connectivity index (χ2n) is 5.78. The van der Waals surface area contributed by atoms with Crippen molar-refractivity contribution in [2.45, 2.75) is 24.7 Å². The van der Waals surface area contributed by atoms with Crippen LogP contribution in [0, 0.1) is 0 Å². The maximum absolute atomic E-state index is 4.95. The molecule has 1 fully saturated rings. The van der Waals surface area contributed by atoms with Crippen LogP contribution >= 0.6 is 0 Å². The van der Waals surface area contributed by atoms with Crippen molar-refractivity contribution < 1.29 is 0 Å². The van der Waals surface area contributed by atoms with Gasteiger partial charge in [-0.15, -0.1) is 0 Å². The molecule has 0 N–H and O–H groups in total. The minimum absolute atomic E-state index is 0.120. The maximum Gasteiger partial charge on any atom is 0.120 e. The number of aryl methyl sites for hydroxylation is 1. The Bertz CT molecular complexity index is 751. The smallest absolute Gasteiger partial charge is 0.120 e. The molecule has 4 rings (SSSR count). The van der Waals surface area contributed by atoms with E-state index in [-0.39, 0.29) is 5.41 Å². The molecule has 1 aliphatic carbocycles. The third-order valence-electron chi connectivity index (χ3n) is 4.75. The van der Waals surface area contributed by atoms with Crippen molar-refractivity contribution in [3.05, 3.63) is 66.0 Å². The van der Waals surface area contributed by atoms with Gasteiger partial charge in [-0.05, 0) is 30.5 Å². The Labute approximate surface area is 119 Å². The molecule has 100 valence electrons. The Morgan fingerprint density at radius 1 is 0.950 bits per heavy atom. The molecule has 0 atom stereocenters. The van der Waals surface area contributed by atoms with Gasteiger partial charge in [0.25, 0.3) is 0 Å². The lowest BCUT2D eigenvalue weighted by atomic mass is 9.64. The Kier molecular flexibility index (Phi) is 2.46. The number of fused-ring (bicyclic) bond motifs is 1. The van der Waals surface area contributed by atoms with Crippen molar-refractivity contribution in [1.82, 2.24) is 9.55 Å². The van der Waals surface area contributed by atoms with Gasteiger partial charge in [0.1, 0.15) is 5.82 Å². The van der Waals surface area contributed by atoms with Crippen molar-refractivity contribution in [3.63, 3.8) is 0 Å². The van der Waals surface area contributed by atoms with Crippen LogP contribution in [0.2, 0.25) is 0 Å². The van der Waals surface area contributed by atoms with E-state index < -0.39 is 0 Å². The zero-order chi connectivity index (χ0) is 13.6. The molecule has 2 heteroatoms. The van der Waals surface area contributed by atoms with Gasteiger partial charge in [-0.1, -0.05) is 48.9 Å². The summed E-state index contributed by atoms with van der Waals surface area (Å²) in [7, 11) is 2.15. The van der Waals surface area contributed by atoms with Gasteiger partial charge < -0.3 is 4.57 Å². The highest BCUT2D eigenvalue weighted by atomic mass is 15.1. The predicted molar refractivity (Wildman–Crippen MR) is 81.8 cm³/mol. The fourth-order valence-corrected chi connectivity index (χ4v) is 3.50. The van der Waals surface area contributed by atoms with Crippen molar-refractivity contribution in [2.75, 3.05) is 0 Å². The molecular weight excluding hydrogens is 244 g/mol. The van der Waals surface area contributed by atoms with Crippen LogP contribution in [-0.4, -0.2) is 9.55 Å². The average Bonchev–Trinajstić information content (AvgIpc) is 2.78. The number of rotatable bonds is 2. The maximum atomic E-state index is 4.95. The Balaban J connectivity index is 1.95. The van der Waals surface area contributed by atoms with E-state index >= 15 is 0 Å². The number of nitrogens with zero attached hydrogens (tertiary/aromatic N) is 2. The number of para-hydroxylation sites is 2. The molecule has 2 nitrogen and oxygen atoms in total. The molecule has 1 heterocycles. The van der Waals surface area contributed by atoms with Gasteiger partial charge in [-0.3, -0.25) is 0 Å². The summed E-state index contributed by atoms with van der Waals surface area (Å²) in [6.45, 7) is 0. The summed E-state index contributed by atoms with van der Waals surface area (Å²) in [6, 6.07) is 19.3. The van der Waals surface area contributed by atoms with E-state index in [1.165, 1.54) is 36.2 Å². The van der Waals surface area contributed by atoms with Crippen molar-refractivity contribution in [2.24, 2.45) is 7.05 Å². The van der Waals surface area contributed by atoms with E-state index in [2.05, 4.69) is 66.2 Å². The molecule has 0 spiro atoms. The number of benzene rings is 2. The molecule has 0 bridgehead atoms. The molecule has 1 aromatic heterocycles. The van der Waals surface area contributed by atoms with Crippen molar-refractivity contribution >= 4 is 11.0 Å². The highest BCUT2D eigenvalue weighted by Gasteiger charge is 2.43. The van der Waals surface area contributed by atoms with Crippen LogP contribution in [0.15, 0.2) is 54.6 Å². The quantitative estimate of drug-likeness (QED) is 0.681. The van der Waals surface area contributed by atoms with E-state index in [0.29, 0.717) is 0 Å². The minimum atomic E-state index is 0.120. The minimum Gasteiger partial charge on any atom is -0.330 e. The highest BCUT2D eigenvalue weighted by Crippen LogP contribution is 2.48. The number of aromatic nitrogens is 2. The standard InChI is InChI=1S/C18H18N2/c1-20-16-11-6-5-10-15(16)19-17(20)18(12-7-13-18)14-8-3-2-4-9-14/h2-6,8-11H,7,12-13H2,1H3. The third-order valence-corrected chi connectivity index (χ3v) is 4.75. The highest BCUT2D eigenvalue weighted by molar-refractivity contribution is 5.76. The number of hydrogen-bond donors (Lipinski definition) is 0. The van der Waals surface area contributed by atoms with Gasteiger partial charge in [-0.2, -0.15) is 0 Å². The third kappa shape index (κ3) is 1.48. The van der Waals surface area contributed by atoms with Gasteiger partial charge >= 0.3 is 0 Å². The number of imidazole rings is 1. The van der Waals surface area contributed by atoms with Gasteiger partial charge in [0, 0.05) is 7.05 Å². The van der Waals surface area contributed by atoms with Crippen LogP contribution in [0.5, 0.6) is 0 Å². The molecule has 20 heavy (non-hydrogen) atoms. The van der Waals surface area contributed by atoms with Crippen LogP contribution in [0.25, 0.3) is 11.0 Å². The topological polar surface area (TPSA) is 17.8 Å². The number of hydrogen-bond acceptors (Lipinski definition) is 1. The molecule has 0 radical (unpaired) electrons. The van der Waals surface area contributed by atoms with E-state index in [0.717, 1.165) is 5.52 Å². The molecule has 1 aliphatic rings. The van der Waals surface area contributed by atoms with Gasteiger partial charge in [0.2, 0.25) is 0 Å². The monoisotopic (exact) mass is 262 g/mol. The Hall–Kier alpha value is -2.09. The molecule has 3 aromatic rings. The summed E-state index contributed by atoms with van der Waals surface area (Å²) in [5.74, 6) is 1.22.